The summed E-state index contributed by atoms with van der Waals surface area (Å²) in [4.78, 5) is 11.4. The van der Waals surface area contributed by atoms with E-state index >= 15 is 4.39 Å². The Bertz CT molecular complexity index is 1020. The van der Waals surface area contributed by atoms with E-state index < -0.39 is 39.9 Å². The van der Waals surface area contributed by atoms with Gasteiger partial charge >= 0.3 is 10.2 Å². The van der Waals surface area contributed by atoms with E-state index in [1.165, 1.54) is 12.1 Å². The molecule has 0 radical (unpaired) electrons. The van der Waals surface area contributed by atoms with Crippen LogP contribution in [0.1, 0.15) is 20.3 Å². The fraction of sp³-hybridized carbons (Fsp3) is 0.353. The molecule has 3 rings (SSSR count). The molecular formula is C17H19FN2O6S. The number of carbonyl (C=O) groups is 1. The van der Waals surface area contributed by atoms with Crippen LogP contribution in [0.15, 0.2) is 18.2 Å². The summed E-state index contributed by atoms with van der Waals surface area (Å²) in [6.45, 7) is 3.67. The molecule has 1 heterocycles. The second-order valence-electron chi connectivity index (χ2n) is 6.67. The molecule has 8 nitrogen and oxygen atoms in total. The molecule has 1 fully saturated rings. The number of nitrogens with one attached hydrogen (secondary N) is 1. The van der Waals surface area contributed by atoms with Crippen LogP contribution in [0.25, 0.3) is 10.8 Å². The van der Waals surface area contributed by atoms with E-state index in [0.29, 0.717) is 16.8 Å². The monoisotopic (exact) mass is 398 g/mol. The molecule has 10 heteroatoms. The van der Waals surface area contributed by atoms with E-state index in [4.69, 9.17) is 4.74 Å². The number of phenols is 2. The Kier molecular flexibility index (Phi) is 4.77. The molecule has 3 N–H and O–H groups in total. The van der Waals surface area contributed by atoms with Gasteiger partial charge in [0.2, 0.25) is 0 Å². The molecule has 1 saturated heterocycles. The van der Waals surface area contributed by atoms with Crippen molar-refractivity contribution < 1.29 is 32.6 Å². The first kappa shape index (κ1) is 19.0. The quantitative estimate of drug-likeness (QED) is 0.709. The summed E-state index contributed by atoms with van der Waals surface area (Å²) in [5, 5.41) is 20.3. The van der Waals surface area contributed by atoms with Crippen molar-refractivity contribution in [1.82, 2.24) is 4.72 Å². The zero-order valence-corrected chi connectivity index (χ0v) is 15.5. The van der Waals surface area contributed by atoms with Crippen LogP contribution in [-0.4, -0.2) is 37.7 Å². The molecule has 0 spiro atoms. The normalized spacial score (nSPS) is 16.1. The molecule has 1 amide bonds. The molecule has 0 atom stereocenters. The van der Waals surface area contributed by atoms with Gasteiger partial charge in [0.1, 0.15) is 18.0 Å². The Morgan fingerprint density at radius 1 is 1.26 bits per heavy atom. The number of carbonyl (C=O) groups excluding carboxylic acids is 1. The van der Waals surface area contributed by atoms with Gasteiger partial charge in [-0.05, 0) is 35.9 Å². The summed E-state index contributed by atoms with van der Waals surface area (Å²) in [5.74, 6) is -2.37. The van der Waals surface area contributed by atoms with Crippen LogP contribution in [-0.2, 0) is 15.0 Å². The molecule has 0 bridgehead atoms. The lowest BCUT2D eigenvalue weighted by molar-refractivity contribution is -0.117. The molecule has 1 aliphatic heterocycles. The number of aromatic hydroxyl groups is 2. The molecule has 2 aromatic rings. The Morgan fingerprint density at radius 2 is 1.93 bits per heavy atom. The second kappa shape index (κ2) is 6.76. The van der Waals surface area contributed by atoms with Crippen molar-refractivity contribution in [1.29, 1.82) is 0 Å². The molecule has 0 aromatic heterocycles. The minimum Gasteiger partial charge on any atom is -0.506 e. The third-order valence-electron chi connectivity index (χ3n) is 4.13. The van der Waals surface area contributed by atoms with Crippen LogP contribution in [0.3, 0.4) is 0 Å². The number of ether oxygens (including phenoxy) is 1. The lowest BCUT2D eigenvalue weighted by atomic mass is 10.1. The van der Waals surface area contributed by atoms with Crippen molar-refractivity contribution in [3.8, 4) is 17.2 Å². The molecule has 27 heavy (non-hydrogen) atoms. The predicted molar refractivity (Wildman–Crippen MR) is 96.6 cm³/mol. The van der Waals surface area contributed by atoms with Crippen LogP contribution in [0.2, 0.25) is 0 Å². The topological polar surface area (TPSA) is 116 Å². The second-order valence-corrected chi connectivity index (χ2v) is 8.26. The molecule has 146 valence electrons. The fourth-order valence-electron chi connectivity index (χ4n) is 2.75. The number of amides is 1. The molecule has 2 aromatic carbocycles. The Labute approximate surface area is 155 Å². The van der Waals surface area contributed by atoms with Crippen molar-refractivity contribution in [3.63, 3.8) is 0 Å². The van der Waals surface area contributed by atoms with Crippen molar-refractivity contribution in [2.45, 2.75) is 20.3 Å². The number of hydrogen-bond acceptors (Lipinski definition) is 6. The molecule has 1 aliphatic rings. The predicted octanol–water partition coefficient (Wildman–Crippen LogP) is 2.00. The highest BCUT2D eigenvalue weighted by atomic mass is 32.2. The van der Waals surface area contributed by atoms with Gasteiger partial charge in [-0.1, -0.05) is 13.8 Å². The van der Waals surface area contributed by atoms with E-state index in [0.717, 1.165) is 12.5 Å². The maximum Gasteiger partial charge on any atom is 0.326 e. The highest BCUT2D eigenvalue weighted by molar-refractivity contribution is 7.92. The third-order valence-corrected chi connectivity index (χ3v) is 5.51. The van der Waals surface area contributed by atoms with Crippen molar-refractivity contribution in [2.75, 3.05) is 17.5 Å². The number of halogens is 1. The number of rotatable bonds is 5. The van der Waals surface area contributed by atoms with Crippen LogP contribution in [0, 0.1) is 11.7 Å². The van der Waals surface area contributed by atoms with Gasteiger partial charge in [0, 0.05) is 5.39 Å². The van der Waals surface area contributed by atoms with Crippen molar-refractivity contribution in [2.24, 2.45) is 5.92 Å². The Morgan fingerprint density at radius 3 is 2.52 bits per heavy atom. The number of anilines is 1. The van der Waals surface area contributed by atoms with Crippen molar-refractivity contribution in [3.05, 3.63) is 24.0 Å². The third kappa shape index (κ3) is 3.57. The first-order valence-corrected chi connectivity index (χ1v) is 9.68. The Hall–Kier alpha value is -2.75. The maximum atomic E-state index is 15.1. The van der Waals surface area contributed by atoms with E-state index in [-0.39, 0.29) is 22.3 Å². The van der Waals surface area contributed by atoms with Crippen molar-refractivity contribution >= 4 is 32.6 Å². The zero-order valence-electron chi connectivity index (χ0n) is 14.7. The zero-order chi connectivity index (χ0) is 19.9. The van der Waals surface area contributed by atoms with Crippen LogP contribution in [0.5, 0.6) is 17.2 Å². The van der Waals surface area contributed by atoms with Crippen LogP contribution >= 0.6 is 0 Å². The van der Waals surface area contributed by atoms with Gasteiger partial charge in [0.05, 0.1) is 6.61 Å². The van der Waals surface area contributed by atoms with E-state index in [1.807, 2.05) is 13.8 Å². The summed E-state index contributed by atoms with van der Waals surface area (Å²) in [6.07, 6.45) is 0.723. The van der Waals surface area contributed by atoms with E-state index in [9.17, 15) is 23.4 Å². The summed E-state index contributed by atoms with van der Waals surface area (Å²) in [5.41, 5.74) is -0.639. The minimum absolute atomic E-state index is 0.0390. The summed E-state index contributed by atoms with van der Waals surface area (Å²) >= 11 is 0. The van der Waals surface area contributed by atoms with Gasteiger partial charge in [-0.2, -0.15) is 8.42 Å². The molecule has 0 unspecified atom stereocenters. The van der Waals surface area contributed by atoms with E-state index in [2.05, 4.69) is 0 Å². The minimum atomic E-state index is -4.29. The smallest absolute Gasteiger partial charge is 0.326 e. The average molecular weight is 398 g/mol. The van der Waals surface area contributed by atoms with E-state index in [1.54, 1.807) is 4.72 Å². The molecule has 0 saturated carbocycles. The maximum absolute atomic E-state index is 15.1. The largest absolute Gasteiger partial charge is 0.506 e. The highest BCUT2D eigenvalue weighted by Crippen LogP contribution is 2.41. The number of nitrogens with zero attached hydrogens (tertiary/aromatic N) is 1. The number of benzene rings is 2. The van der Waals surface area contributed by atoms with Crippen LogP contribution in [0.4, 0.5) is 10.1 Å². The molecule has 0 aliphatic carbocycles. The summed E-state index contributed by atoms with van der Waals surface area (Å²) in [6, 6.07) is 3.57. The number of phenolic OH excluding ortho intramolecular Hbond substituents is 2. The summed E-state index contributed by atoms with van der Waals surface area (Å²) in [7, 11) is -4.29. The van der Waals surface area contributed by atoms with Gasteiger partial charge in [0.25, 0.3) is 5.91 Å². The lowest BCUT2D eigenvalue weighted by Crippen LogP contribution is -2.30. The first-order valence-electron chi connectivity index (χ1n) is 8.24. The summed E-state index contributed by atoms with van der Waals surface area (Å²) < 4.78 is 46.7. The van der Waals surface area contributed by atoms with Gasteiger partial charge in [0.15, 0.2) is 17.3 Å². The first-order chi connectivity index (χ1) is 12.6. The average Bonchev–Trinajstić information content (AvgIpc) is 2.80. The van der Waals surface area contributed by atoms with Gasteiger partial charge in [-0.3, -0.25) is 4.79 Å². The Balaban J connectivity index is 2.09. The van der Waals surface area contributed by atoms with Gasteiger partial charge < -0.3 is 14.9 Å². The SMILES string of the molecule is CC(C)CCOc1cc2c(F)c(N3CC(=O)NS3(=O)=O)c(O)cc2cc1O. The van der Waals surface area contributed by atoms with Gasteiger partial charge in [-0.15, -0.1) is 0 Å². The number of hydrogen-bond donors (Lipinski definition) is 3. The number of fused-ring (bicyclic) bond motifs is 1. The van der Waals surface area contributed by atoms with Crippen LogP contribution < -0.4 is 13.8 Å². The fourth-order valence-corrected chi connectivity index (χ4v) is 3.92. The standard InChI is InChI=1S/C17H19FN2O6S/c1-9(2)3-4-26-14-7-11-10(5-12(14)21)6-13(22)17(16(11)18)20-8-15(23)19-27(20,24)25/h5-7,9,21-22H,3-4,8H2,1-2H3,(H,19,23). The highest BCUT2D eigenvalue weighted by Gasteiger charge is 2.38. The van der Waals surface area contributed by atoms with Gasteiger partial charge in [-0.25, -0.2) is 13.4 Å². The lowest BCUT2D eigenvalue weighted by Gasteiger charge is -2.19. The molecular weight excluding hydrogens is 379 g/mol.